The van der Waals surface area contributed by atoms with E-state index in [1.54, 1.807) is 11.3 Å². The van der Waals surface area contributed by atoms with Crippen molar-refractivity contribution in [3.63, 3.8) is 0 Å². The predicted molar refractivity (Wildman–Crippen MR) is 134 cm³/mol. The number of aromatic nitrogens is 2. The van der Waals surface area contributed by atoms with Crippen molar-refractivity contribution >= 4 is 33.9 Å². The maximum Gasteiger partial charge on any atom is 0.230 e. The molecule has 0 atom stereocenters. The Bertz CT molecular complexity index is 1460. The monoisotopic (exact) mass is 453 g/mol. The summed E-state index contributed by atoms with van der Waals surface area (Å²) in [5.74, 6) is -0.131. The molecule has 0 aliphatic rings. The number of fused-ring (bicyclic) bond motifs is 1. The van der Waals surface area contributed by atoms with Crippen molar-refractivity contribution in [2.75, 3.05) is 5.32 Å². The second kappa shape index (κ2) is 8.64. The molecule has 1 N–H and O–H groups in total. The van der Waals surface area contributed by atoms with Gasteiger partial charge in [0.2, 0.25) is 5.91 Å². The lowest BCUT2D eigenvalue weighted by molar-refractivity contribution is -0.115. The Kier molecular flexibility index (Phi) is 5.52. The Labute approximate surface area is 196 Å². The van der Waals surface area contributed by atoms with E-state index in [-0.39, 0.29) is 12.3 Å². The Morgan fingerprint density at radius 3 is 2.58 bits per heavy atom. The molecule has 3 aromatic carbocycles. The number of carbonyl (C=O) groups is 1. The number of aryl methyl sites for hydroxylation is 3. The summed E-state index contributed by atoms with van der Waals surface area (Å²) in [7, 11) is 0. The van der Waals surface area contributed by atoms with E-state index in [9.17, 15) is 4.79 Å². The maximum atomic E-state index is 12.6. The van der Waals surface area contributed by atoms with Gasteiger partial charge in [0.25, 0.3) is 0 Å². The lowest BCUT2D eigenvalue weighted by Crippen LogP contribution is -2.14. The molecule has 2 aromatic heterocycles. The zero-order chi connectivity index (χ0) is 22.9. The predicted octanol–water partition coefficient (Wildman–Crippen LogP) is 6.72. The molecule has 0 spiro atoms. The summed E-state index contributed by atoms with van der Waals surface area (Å²) in [4.78, 5) is 17.5. The maximum absolute atomic E-state index is 12.6. The van der Waals surface area contributed by atoms with Crippen LogP contribution in [0.4, 0.5) is 5.69 Å². The van der Waals surface area contributed by atoms with Crippen molar-refractivity contribution in [3.8, 4) is 21.8 Å². The van der Waals surface area contributed by atoms with Gasteiger partial charge < -0.3 is 9.84 Å². The van der Waals surface area contributed by atoms with Gasteiger partial charge in [-0.3, -0.25) is 4.79 Å². The summed E-state index contributed by atoms with van der Waals surface area (Å²) in [6.07, 6.45) is 0.157. The number of amides is 1. The highest BCUT2D eigenvalue weighted by atomic mass is 32.1. The first-order chi connectivity index (χ1) is 16.0. The van der Waals surface area contributed by atoms with Crippen LogP contribution in [-0.2, 0) is 11.2 Å². The fraction of sp³-hybridized carbons (Fsp3) is 0.148. The molecule has 6 heteroatoms. The fourth-order valence-electron chi connectivity index (χ4n) is 4.07. The summed E-state index contributed by atoms with van der Waals surface area (Å²) in [6, 6.07) is 20.0. The van der Waals surface area contributed by atoms with E-state index in [0.717, 1.165) is 44.0 Å². The first kappa shape index (κ1) is 21.1. The highest BCUT2D eigenvalue weighted by molar-refractivity contribution is 7.13. The third kappa shape index (κ3) is 4.30. The summed E-state index contributed by atoms with van der Waals surface area (Å²) >= 11 is 1.63. The van der Waals surface area contributed by atoms with Crippen LogP contribution in [0.1, 0.15) is 22.4 Å². The zero-order valence-corrected chi connectivity index (χ0v) is 19.5. The molecule has 0 aliphatic heterocycles. The molecule has 0 radical (unpaired) electrons. The van der Waals surface area contributed by atoms with Crippen LogP contribution in [0, 0.1) is 20.8 Å². The quantitative estimate of drug-likeness (QED) is 0.321. The average Bonchev–Trinajstić information content (AvgIpc) is 3.42. The standard InChI is InChI=1S/C27H23N3O2S/c1-16-12-18(3)26-22(30-32-24(26)13-16)14-25(31)28-20-10-8-19(9-11-20)23-15-33-27(29-23)21-7-5-4-6-17(21)2/h4-13,15H,14H2,1-3H3,(H,28,31). The Hall–Kier alpha value is -3.77. The van der Waals surface area contributed by atoms with Gasteiger partial charge in [-0.15, -0.1) is 11.3 Å². The van der Waals surface area contributed by atoms with Crippen LogP contribution in [0.2, 0.25) is 0 Å². The van der Waals surface area contributed by atoms with Gasteiger partial charge in [0.1, 0.15) is 10.7 Å². The molecule has 0 aliphatic carbocycles. The third-order valence-electron chi connectivity index (χ3n) is 5.66. The minimum Gasteiger partial charge on any atom is -0.356 e. The molecule has 5 aromatic rings. The van der Waals surface area contributed by atoms with E-state index in [4.69, 9.17) is 9.51 Å². The lowest BCUT2D eigenvalue weighted by atomic mass is 10.0. The highest BCUT2D eigenvalue weighted by Crippen LogP contribution is 2.31. The SMILES string of the molecule is Cc1cc(C)c2c(CC(=O)Nc3ccc(-c4csc(-c5ccccc5C)n4)cc3)noc2c1. The summed E-state index contributed by atoms with van der Waals surface area (Å²) in [5.41, 5.74) is 8.58. The van der Waals surface area contributed by atoms with Crippen molar-refractivity contribution < 1.29 is 9.32 Å². The second-order valence-corrected chi connectivity index (χ2v) is 9.10. The molecule has 0 saturated heterocycles. The van der Waals surface area contributed by atoms with Crippen LogP contribution in [-0.4, -0.2) is 16.0 Å². The van der Waals surface area contributed by atoms with E-state index in [0.29, 0.717) is 11.3 Å². The van der Waals surface area contributed by atoms with Gasteiger partial charge in [0, 0.05) is 27.6 Å². The van der Waals surface area contributed by atoms with Crippen LogP contribution in [0.15, 0.2) is 70.6 Å². The number of nitrogens with zero attached hydrogens (tertiary/aromatic N) is 2. The van der Waals surface area contributed by atoms with Crippen molar-refractivity contribution in [1.82, 2.24) is 10.1 Å². The smallest absolute Gasteiger partial charge is 0.230 e. The van der Waals surface area contributed by atoms with Gasteiger partial charge in [-0.25, -0.2) is 4.98 Å². The molecule has 0 unspecified atom stereocenters. The number of thiazole rings is 1. The van der Waals surface area contributed by atoms with E-state index in [1.165, 1.54) is 5.56 Å². The molecule has 5 rings (SSSR count). The first-order valence-corrected chi connectivity index (χ1v) is 11.6. The number of hydrogen-bond acceptors (Lipinski definition) is 5. The van der Waals surface area contributed by atoms with Gasteiger partial charge in [-0.05, 0) is 55.7 Å². The summed E-state index contributed by atoms with van der Waals surface area (Å²) in [6.45, 7) is 6.12. The molecule has 1 amide bonds. The number of benzene rings is 3. The van der Waals surface area contributed by atoms with Crippen LogP contribution < -0.4 is 5.32 Å². The van der Waals surface area contributed by atoms with Crippen molar-refractivity contribution in [2.24, 2.45) is 0 Å². The third-order valence-corrected chi connectivity index (χ3v) is 6.53. The van der Waals surface area contributed by atoms with Crippen LogP contribution in [0.3, 0.4) is 0 Å². The number of anilines is 1. The van der Waals surface area contributed by atoms with E-state index >= 15 is 0 Å². The van der Waals surface area contributed by atoms with Crippen LogP contribution >= 0.6 is 11.3 Å². The van der Waals surface area contributed by atoms with Gasteiger partial charge in [0.15, 0.2) is 5.58 Å². The first-order valence-electron chi connectivity index (χ1n) is 10.8. The molecule has 5 nitrogen and oxygen atoms in total. The number of rotatable bonds is 5. The Morgan fingerprint density at radius 2 is 1.79 bits per heavy atom. The second-order valence-electron chi connectivity index (χ2n) is 8.24. The van der Waals surface area contributed by atoms with Gasteiger partial charge in [-0.1, -0.05) is 47.6 Å². The molecule has 164 valence electrons. The zero-order valence-electron chi connectivity index (χ0n) is 18.7. The van der Waals surface area contributed by atoms with Crippen molar-refractivity contribution in [2.45, 2.75) is 27.2 Å². The van der Waals surface area contributed by atoms with Crippen LogP contribution in [0.5, 0.6) is 0 Å². The Morgan fingerprint density at radius 1 is 1.00 bits per heavy atom. The van der Waals surface area contributed by atoms with Crippen molar-refractivity contribution in [3.05, 3.63) is 88.4 Å². The molecule has 0 bridgehead atoms. The summed E-state index contributed by atoms with van der Waals surface area (Å²) in [5, 5.41) is 11.1. The molecular formula is C27H23N3O2S. The number of carbonyl (C=O) groups excluding carboxylic acids is 1. The normalized spacial score (nSPS) is 11.1. The Balaban J connectivity index is 1.29. The van der Waals surface area contributed by atoms with E-state index < -0.39 is 0 Å². The minimum atomic E-state index is -0.131. The highest BCUT2D eigenvalue weighted by Gasteiger charge is 2.15. The largest absolute Gasteiger partial charge is 0.356 e. The molecule has 2 heterocycles. The molecule has 33 heavy (non-hydrogen) atoms. The molecule has 0 fully saturated rings. The van der Waals surface area contributed by atoms with Gasteiger partial charge in [0.05, 0.1) is 12.1 Å². The van der Waals surface area contributed by atoms with Gasteiger partial charge >= 0.3 is 0 Å². The molecular weight excluding hydrogens is 430 g/mol. The van der Waals surface area contributed by atoms with Crippen molar-refractivity contribution in [1.29, 1.82) is 0 Å². The molecule has 0 saturated carbocycles. The number of hydrogen-bond donors (Lipinski definition) is 1. The topological polar surface area (TPSA) is 68.0 Å². The van der Waals surface area contributed by atoms with E-state index in [2.05, 4.69) is 41.0 Å². The van der Waals surface area contributed by atoms with E-state index in [1.807, 2.05) is 56.3 Å². The number of nitrogens with one attached hydrogen (secondary N) is 1. The fourth-order valence-corrected chi connectivity index (χ4v) is 4.98. The summed E-state index contributed by atoms with van der Waals surface area (Å²) < 4.78 is 5.43. The average molecular weight is 454 g/mol. The lowest BCUT2D eigenvalue weighted by Gasteiger charge is -2.06. The van der Waals surface area contributed by atoms with Crippen LogP contribution in [0.25, 0.3) is 32.8 Å². The minimum absolute atomic E-state index is 0.131. The van der Waals surface area contributed by atoms with Gasteiger partial charge in [-0.2, -0.15) is 0 Å².